The van der Waals surface area contributed by atoms with Crippen LogP contribution in [0.4, 0.5) is 4.39 Å². The van der Waals surface area contributed by atoms with E-state index >= 15 is 0 Å². The zero-order valence-corrected chi connectivity index (χ0v) is 13.7. The molecule has 114 valence electrons. The molecule has 0 radical (unpaired) electrons. The number of halogens is 3. The average Bonchev–Trinajstić information content (AvgIpc) is 2.83. The fraction of sp³-hybridized carbons (Fsp3) is 0.308. The molecule has 2 aromatic rings. The molecule has 2 rings (SSSR count). The van der Waals surface area contributed by atoms with E-state index in [1.165, 1.54) is 12.3 Å². The second-order valence-corrected chi connectivity index (χ2v) is 5.68. The Hall–Kier alpha value is -0.990. The highest BCUT2D eigenvalue weighted by Gasteiger charge is 2.24. The Morgan fingerprint density at radius 2 is 2.33 bits per heavy atom. The highest BCUT2D eigenvalue weighted by atomic mass is 79.9. The van der Waals surface area contributed by atoms with Gasteiger partial charge in [-0.3, -0.25) is 10.5 Å². The first kappa shape index (κ1) is 16.4. The van der Waals surface area contributed by atoms with Crippen LogP contribution in [-0.4, -0.2) is 23.5 Å². The van der Waals surface area contributed by atoms with E-state index in [2.05, 4.69) is 26.5 Å². The summed E-state index contributed by atoms with van der Waals surface area (Å²) in [5, 5.41) is 4.59. The van der Waals surface area contributed by atoms with Crippen molar-refractivity contribution in [3.05, 3.63) is 51.0 Å². The molecule has 0 saturated carbocycles. The number of nitrogens with one attached hydrogen (secondary N) is 1. The predicted molar refractivity (Wildman–Crippen MR) is 82.4 cm³/mol. The minimum atomic E-state index is -0.616. The van der Waals surface area contributed by atoms with E-state index < -0.39 is 6.04 Å². The van der Waals surface area contributed by atoms with E-state index in [9.17, 15) is 4.39 Å². The van der Waals surface area contributed by atoms with Crippen LogP contribution in [0.5, 0.6) is 0 Å². The van der Waals surface area contributed by atoms with Crippen molar-refractivity contribution in [2.75, 3.05) is 13.7 Å². The molecule has 1 atom stereocenters. The van der Waals surface area contributed by atoms with Crippen LogP contribution >= 0.6 is 27.5 Å². The Labute approximate surface area is 135 Å². The van der Waals surface area contributed by atoms with Crippen molar-refractivity contribution >= 4 is 27.5 Å². The zero-order chi connectivity index (χ0) is 15.4. The Morgan fingerprint density at radius 1 is 1.57 bits per heavy atom. The summed E-state index contributed by atoms with van der Waals surface area (Å²) in [6.45, 7) is 0.954. The lowest BCUT2D eigenvalue weighted by atomic mass is 10.0. The number of benzene rings is 1. The Balaban J connectivity index is 2.46. The fourth-order valence-corrected chi connectivity index (χ4v) is 2.70. The Morgan fingerprint density at radius 3 is 3.00 bits per heavy atom. The molecule has 0 spiro atoms. The first-order chi connectivity index (χ1) is 10.1. The average molecular weight is 378 g/mol. The molecule has 3 N–H and O–H groups in total. The van der Waals surface area contributed by atoms with E-state index in [1.54, 1.807) is 23.9 Å². The third-order valence-electron chi connectivity index (χ3n) is 3.05. The van der Waals surface area contributed by atoms with Crippen LogP contribution in [0.25, 0.3) is 0 Å². The SMILES string of the molecule is COCCn1ncc(Cl)c1C(NN)c1cc(Br)ccc1F. The van der Waals surface area contributed by atoms with Gasteiger partial charge in [0.1, 0.15) is 5.82 Å². The van der Waals surface area contributed by atoms with Gasteiger partial charge in [0.05, 0.1) is 36.1 Å². The van der Waals surface area contributed by atoms with Gasteiger partial charge in [0.25, 0.3) is 0 Å². The minimum absolute atomic E-state index is 0.378. The number of hydrogen-bond acceptors (Lipinski definition) is 4. The van der Waals surface area contributed by atoms with E-state index in [-0.39, 0.29) is 5.82 Å². The molecule has 1 aromatic carbocycles. The van der Waals surface area contributed by atoms with Gasteiger partial charge in [-0.05, 0) is 18.2 Å². The summed E-state index contributed by atoms with van der Waals surface area (Å²) in [6.07, 6.45) is 1.51. The third kappa shape index (κ3) is 3.61. The van der Waals surface area contributed by atoms with Crippen LogP contribution in [0.15, 0.2) is 28.9 Å². The monoisotopic (exact) mass is 376 g/mol. The standard InChI is InChI=1S/C13H15BrClFN4O/c1-21-5-4-20-13(10(15)7-18-20)12(19-17)9-6-8(14)2-3-11(9)16/h2-3,6-7,12,19H,4-5,17H2,1H3. The van der Waals surface area contributed by atoms with Crippen molar-refractivity contribution in [3.8, 4) is 0 Å². The van der Waals surface area contributed by atoms with Crippen molar-refractivity contribution in [2.45, 2.75) is 12.6 Å². The molecule has 1 aromatic heterocycles. The topological polar surface area (TPSA) is 65.1 Å². The van der Waals surface area contributed by atoms with Crippen LogP contribution in [0, 0.1) is 5.82 Å². The van der Waals surface area contributed by atoms with Crippen LogP contribution < -0.4 is 11.3 Å². The first-order valence-corrected chi connectivity index (χ1v) is 7.36. The van der Waals surface area contributed by atoms with Gasteiger partial charge in [0.2, 0.25) is 0 Å². The van der Waals surface area contributed by atoms with Gasteiger partial charge in [0, 0.05) is 17.1 Å². The molecule has 8 heteroatoms. The summed E-state index contributed by atoms with van der Waals surface area (Å²) < 4.78 is 21.5. The van der Waals surface area contributed by atoms with Crippen molar-refractivity contribution < 1.29 is 9.13 Å². The van der Waals surface area contributed by atoms with Gasteiger partial charge in [-0.15, -0.1) is 0 Å². The zero-order valence-electron chi connectivity index (χ0n) is 11.3. The molecular formula is C13H15BrClFN4O. The number of ether oxygens (including phenoxy) is 1. The molecule has 0 aliphatic heterocycles. The van der Waals surface area contributed by atoms with Crippen LogP contribution in [-0.2, 0) is 11.3 Å². The molecule has 21 heavy (non-hydrogen) atoms. The number of hydrogen-bond donors (Lipinski definition) is 2. The summed E-state index contributed by atoms with van der Waals surface area (Å²) >= 11 is 9.51. The Kier molecular flexibility index (Phi) is 5.72. The molecule has 0 aliphatic rings. The summed E-state index contributed by atoms with van der Waals surface area (Å²) in [4.78, 5) is 0. The van der Waals surface area contributed by atoms with Gasteiger partial charge in [0.15, 0.2) is 0 Å². The van der Waals surface area contributed by atoms with E-state index in [0.29, 0.717) is 29.4 Å². The first-order valence-electron chi connectivity index (χ1n) is 6.19. The van der Waals surface area contributed by atoms with Gasteiger partial charge in [-0.1, -0.05) is 27.5 Å². The maximum absolute atomic E-state index is 14.1. The van der Waals surface area contributed by atoms with Crippen LogP contribution in [0.3, 0.4) is 0 Å². The number of methoxy groups -OCH3 is 1. The van der Waals surface area contributed by atoms with Gasteiger partial charge < -0.3 is 4.74 Å². The molecule has 0 aliphatic carbocycles. The second kappa shape index (κ2) is 7.33. The maximum Gasteiger partial charge on any atom is 0.128 e. The molecule has 5 nitrogen and oxygen atoms in total. The van der Waals surface area contributed by atoms with Crippen molar-refractivity contribution in [1.82, 2.24) is 15.2 Å². The van der Waals surface area contributed by atoms with Crippen LogP contribution in [0.2, 0.25) is 5.02 Å². The molecule has 1 unspecified atom stereocenters. The largest absolute Gasteiger partial charge is 0.383 e. The normalized spacial score (nSPS) is 12.6. The molecular weight excluding hydrogens is 363 g/mol. The number of aromatic nitrogens is 2. The molecule has 0 fully saturated rings. The third-order valence-corrected chi connectivity index (χ3v) is 3.83. The number of nitrogens with zero attached hydrogens (tertiary/aromatic N) is 2. The number of nitrogens with two attached hydrogens (primary N) is 1. The summed E-state index contributed by atoms with van der Waals surface area (Å²) in [5.41, 5.74) is 3.57. The lowest BCUT2D eigenvalue weighted by Gasteiger charge is -2.19. The van der Waals surface area contributed by atoms with Crippen LogP contribution in [0.1, 0.15) is 17.3 Å². The maximum atomic E-state index is 14.1. The number of hydrazine groups is 1. The smallest absolute Gasteiger partial charge is 0.128 e. The van der Waals surface area contributed by atoms with Crippen molar-refractivity contribution in [3.63, 3.8) is 0 Å². The quantitative estimate of drug-likeness (QED) is 0.600. The molecule has 0 bridgehead atoms. The summed E-state index contributed by atoms with van der Waals surface area (Å²) in [5.74, 6) is 5.24. The van der Waals surface area contributed by atoms with Crippen molar-refractivity contribution in [2.24, 2.45) is 5.84 Å². The minimum Gasteiger partial charge on any atom is -0.383 e. The van der Waals surface area contributed by atoms with E-state index in [4.69, 9.17) is 22.2 Å². The predicted octanol–water partition coefficient (Wildman–Crippen LogP) is 2.64. The molecule has 0 amide bonds. The summed E-state index contributed by atoms with van der Waals surface area (Å²) in [7, 11) is 1.59. The highest BCUT2D eigenvalue weighted by molar-refractivity contribution is 9.10. The molecule has 0 saturated heterocycles. The van der Waals surface area contributed by atoms with Gasteiger partial charge in [-0.2, -0.15) is 5.10 Å². The van der Waals surface area contributed by atoms with Gasteiger partial charge in [-0.25, -0.2) is 9.82 Å². The summed E-state index contributed by atoms with van der Waals surface area (Å²) in [6, 6.07) is 4.03. The molecule has 1 heterocycles. The van der Waals surface area contributed by atoms with E-state index in [0.717, 1.165) is 4.47 Å². The highest BCUT2D eigenvalue weighted by Crippen LogP contribution is 2.30. The number of rotatable bonds is 6. The van der Waals surface area contributed by atoms with Crippen molar-refractivity contribution in [1.29, 1.82) is 0 Å². The van der Waals surface area contributed by atoms with E-state index in [1.807, 2.05) is 0 Å². The lowest BCUT2D eigenvalue weighted by Crippen LogP contribution is -2.32. The van der Waals surface area contributed by atoms with Gasteiger partial charge >= 0.3 is 0 Å². The second-order valence-electron chi connectivity index (χ2n) is 4.36. The Bertz CT molecular complexity index is 622. The fourth-order valence-electron chi connectivity index (χ4n) is 2.07. The lowest BCUT2D eigenvalue weighted by molar-refractivity contribution is 0.182.